The van der Waals surface area contributed by atoms with Crippen molar-refractivity contribution in [3.8, 4) is 11.3 Å². The summed E-state index contributed by atoms with van der Waals surface area (Å²) in [5.41, 5.74) is 3.99. The van der Waals surface area contributed by atoms with Gasteiger partial charge in [-0.15, -0.1) is 11.3 Å². The monoisotopic (exact) mass is 375 g/mol. The van der Waals surface area contributed by atoms with Crippen molar-refractivity contribution in [2.45, 2.75) is 6.92 Å². The highest BCUT2D eigenvalue weighted by Crippen LogP contribution is 2.30. The maximum Gasteiger partial charge on any atom is 0.205 e. The fourth-order valence-electron chi connectivity index (χ4n) is 2.22. The number of hydrogen-bond donors (Lipinski definition) is 0. The molecule has 0 fully saturated rings. The van der Waals surface area contributed by atoms with Crippen LogP contribution in [0.15, 0.2) is 57.9 Å². The lowest BCUT2D eigenvalue weighted by atomic mass is 10.2. The van der Waals surface area contributed by atoms with Gasteiger partial charge in [0.25, 0.3) is 0 Å². The summed E-state index contributed by atoms with van der Waals surface area (Å²) in [6.45, 7) is 2.06. The lowest BCUT2D eigenvalue weighted by Gasteiger charge is -2.06. The quantitative estimate of drug-likeness (QED) is 0.560. The van der Waals surface area contributed by atoms with Crippen LogP contribution in [-0.4, -0.2) is 17.9 Å². The number of benzene rings is 2. The minimum atomic E-state index is 0.585. The van der Waals surface area contributed by atoms with Crippen molar-refractivity contribution >= 4 is 40.8 Å². The van der Waals surface area contributed by atoms with Gasteiger partial charge < -0.3 is 0 Å². The maximum atomic E-state index is 6.35. The summed E-state index contributed by atoms with van der Waals surface area (Å²) in [5, 5.41) is 7.77. The van der Waals surface area contributed by atoms with Gasteiger partial charge in [0.2, 0.25) is 4.80 Å². The van der Waals surface area contributed by atoms with E-state index in [9.17, 15) is 0 Å². The van der Waals surface area contributed by atoms with Gasteiger partial charge in [-0.05, 0) is 30.7 Å². The molecule has 0 radical (unpaired) electrons. The van der Waals surface area contributed by atoms with Crippen LogP contribution in [0.2, 0.25) is 10.0 Å². The van der Waals surface area contributed by atoms with Gasteiger partial charge in [0, 0.05) is 23.0 Å². The number of hydrogen-bond acceptors (Lipinski definition) is 3. The largest absolute Gasteiger partial charge is 0.261 e. The van der Waals surface area contributed by atoms with Crippen LogP contribution in [0.5, 0.6) is 0 Å². The molecule has 3 rings (SSSR count). The van der Waals surface area contributed by atoms with E-state index in [0.717, 1.165) is 21.6 Å². The molecule has 6 heteroatoms. The van der Waals surface area contributed by atoms with Crippen molar-refractivity contribution in [1.82, 2.24) is 4.68 Å². The van der Waals surface area contributed by atoms with E-state index in [4.69, 9.17) is 23.2 Å². The Bertz CT molecular complexity index is 953. The number of thiazole rings is 1. The van der Waals surface area contributed by atoms with E-state index in [1.165, 1.54) is 16.9 Å². The van der Waals surface area contributed by atoms with Gasteiger partial charge in [-0.1, -0.05) is 53.0 Å². The van der Waals surface area contributed by atoms with Gasteiger partial charge in [0.1, 0.15) is 0 Å². The third kappa shape index (κ3) is 3.61. The van der Waals surface area contributed by atoms with Crippen LogP contribution < -0.4 is 4.80 Å². The van der Waals surface area contributed by atoms with Crippen molar-refractivity contribution in [3.63, 3.8) is 0 Å². The average molecular weight is 376 g/mol. The Kier molecular flexibility index (Phi) is 5.19. The Labute approximate surface area is 154 Å². The zero-order valence-corrected chi connectivity index (χ0v) is 15.5. The molecule has 0 N–H and O–H groups in total. The molecule has 0 aliphatic heterocycles. The smallest absolute Gasteiger partial charge is 0.205 e. The molecule has 3 aromatic rings. The second kappa shape index (κ2) is 7.34. The molecule has 24 heavy (non-hydrogen) atoms. The molecular formula is C18H15Cl2N3S. The van der Waals surface area contributed by atoms with Crippen molar-refractivity contribution < 1.29 is 0 Å². The molecule has 0 amide bonds. The highest BCUT2D eigenvalue weighted by Gasteiger charge is 2.11. The third-order valence-electron chi connectivity index (χ3n) is 3.48. The lowest BCUT2D eigenvalue weighted by molar-refractivity contribution is 0.848. The minimum Gasteiger partial charge on any atom is -0.261 e. The van der Waals surface area contributed by atoms with Crippen molar-refractivity contribution in [1.29, 1.82) is 0 Å². The molecule has 0 aliphatic carbocycles. The Hall–Kier alpha value is -1.88. The summed E-state index contributed by atoms with van der Waals surface area (Å²) in [7, 11) is 1.75. The SMILES string of the molecule is CN=c1scc(-c2ccc(Cl)cc2Cl)n1N=Cc1ccc(C)cc1. The highest BCUT2D eigenvalue weighted by atomic mass is 35.5. The Morgan fingerprint density at radius 3 is 2.50 bits per heavy atom. The lowest BCUT2D eigenvalue weighted by Crippen LogP contribution is -2.11. The molecule has 0 saturated carbocycles. The molecular weight excluding hydrogens is 361 g/mol. The first kappa shape index (κ1) is 17.0. The van der Waals surface area contributed by atoms with E-state index < -0.39 is 0 Å². The van der Waals surface area contributed by atoms with Crippen LogP contribution in [0.4, 0.5) is 0 Å². The molecule has 0 atom stereocenters. The average Bonchev–Trinajstić information content (AvgIpc) is 2.97. The van der Waals surface area contributed by atoms with Gasteiger partial charge in [0.05, 0.1) is 16.9 Å². The van der Waals surface area contributed by atoms with E-state index >= 15 is 0 Å². The predicted octanol–water partition coefficient (Wildman–Crippen LogP) is 5.24. The third-order valence-corrected chi connectivity index (χ3v) is 4.94. The molecule has 3 nitrogen and oxygen atoms in total. The Morgan fingerprint density at radius 1 is 1.08 bits per heavy atom. The summed E-state index contributed by atoms with van der Waals surface area (Å²) in [6, 6.07) is 13.6. The van der Waals surface area contributed by atoms with E-state index in [1.54, 1.807) is 17.8 Å². The van der Waals surface area contributed by atoms with E-state index in [1.807, 2.05) is 35.9 Å². The maximum absolute atomic E-state index is 6.35. The van der Waals surface area contributed by atoms with Crippen LogP contribution in [0.3, 0.4) is 0 Å². The van der Waals surface area contributed by atoms with E-state index in [2.05, 4.69) is 29.2 Å². The first-order chi connectivity index (χ1) is 11.6. The molecule has 0 unspecified atom stereocenters. The summed E-state index contributed by atoms with van der Waals surface area (Å²) < 4.78 is 1.79. The molecule has 0 saturated heterocycles. The van der Waals surface area contributed by atoms with Crippen molar-refractivity contribution in [2.75, 3.05) is 7.05 Å². The second-order valence-corrected chi connectivity index (χ2v) is 6.90. The normalized spacial score (nSPS) is 12.2. The molecule has 0 bridgehead atoms. The van der Waals surface area contributed by atoms with Gasteiger partial charge in [-0.2, -0.15) is 5.10 Å². The molecule has 0 aliphatic rings. The first-order valence-corrected chi connectivity index (χ1v) is 8.92. The van der Waals surface area contributed by atoms with Gasteiger partial charge in [0.15, 0.2) is 0 Å². The number of nitrogens with zero attached hydrogens (tertiary/aromatic N) is 3. The van der Waals surface area contributed by atoms with Gasteiger partial charge >= 0.3 is 0 Å². The zero-order chi connectivity index (χ0) is 17.1. The fraction of sp³-hybridized carbons (Fsp3) is 0.111. The molecule has 1 heterocycles. The van der Waals surface area contributed by atoms with Crippen LogP contribution in [0, 0.1) is 6.92 Å². The molecule has 122 valence electrons. The van der Waals surface area contributed by atoms with Crippen molar-refractivity contribution in [2.24, 2.45) is 10.1 Å². The Balaban J connectivity index is 2.07. The van der Waals surface area contributed by atoms with E-state index in [-0.39, 0.29) is 0 Å². The zero-order valence-electron chi connectivity index (χ0n) is 13.2. The highest BCUT2D eigenvalue weighted by molar-refractivity contribution is 7.07. The molecule has 0 spiro atoms. The number of rotatable bonds is 3. The minimum absolute atomic E-state index is 0.585. The Morgan fingerprint density at radius 2 is 1.83 bits per heavy atom. The summed E-state index contributed by atoms with van der Waals surface area (Å²) in [5.74, 6) is 0. The summed E-state index contributed by atoms with van der Waals surface area (Å²) in [6.07, 6.45) is 1.81. The van der Waals surface area contributed by atoms with Crippen LogP contribution in [0.1, 0.15) is 11.1 Å². The fourth-order valence-corrected chi connectivity index (χ4v) is 3.52. The second-order valence-electron chi connectivity index (χ2n) is 5.22. The molecule has 1 aromatic heterocycles. The summed E-state index contributed by atoms with van der Waals surface area (Å²) >= 11 is 13.9. The number of aryl methyl sites for hydroxylation is 1. The van der Waals surface area contributed by atoms with Crippen LogP contribution in [-0.2, 0) is 0 Å². The van der Waals surface area contributed by atoms with Gasteiger partial charge in [-0.25, -0.2) is 4.68 Å². The molecule has 2 aromatic carbocycles. The topological polar surface area (TPSA) is 29.6 Å². The first-order valence-electron chi connectivity index (χ1n) is 7.28. The number of halogens is 2. The van der Waals surface area contributed by atoms with Crippen LogP contribution >= 0.6 is 34.5 Å². The number of aromatic nitrogens is 1. The standard InChI is InChI=1S/C18H15Cl2N3S/c1-12-3-5-13(6-4-12)10-22-23-17(11-24-18(23)21-2)15-8-7-14(19)9-16(15)20/h3-11H,1-2H3. The summed E-state index contributed by atoms with van der Waals surface area (Å²) in [4.78, 5) is 5.08. The van der Waals surface area contributed by atoms with Crippen LogP contribution in [0.25, 0.3) is 11.3 Å². The van der Waals surface area contributed by atoms with E-state index in [0.29, 0.717) is 10.0 Å². The predicted molar refractivity (Wildman–Crippen MR) is 103 cm³/mol. The van der Waals surface area contributed by atoms with Crippen molar-refractivity contribution in [3.05, 3.63) is 73.8 Å². The van der Waals surface area contributed by atoms with Gasteiger partial charge in [-0.3, -0.25) is 4.99 Å².